The topological polar surface area (TPSA) is 0 Å². The van der Waals surface area contributed by atoms with Gasteiger partial charge in [0.05, 0.1) is 0 Å². The van der Waals surface area contributed by atoms with Crippen molar-refractivity contribution in [2.24, 2.45) is 0 Å². The molecule has 2 aromatic rings. The maximum atomic E-state index is 4.36. The van der Waals surface area contributed by atoms with Crippen molar-refractivity contribution in [3.05, 3.63) is 88.5 Å². The zero-order valence-electron chi connectivity index (χ0n) is 13.2. The number of hydrogen-bond donors (Lipinski definition) is 0. The largest absolute Gasteiger partial charge is 0.0908 e. The first kappa shape index (κ1) is 13.3. The fourth-order valence-electron chi connectivity index (χ4n) is 3.87. The molecule has 0 aromatic heterocycles. The number of benzene rings is 2. The summed E-state index contributed by atoms with van der Waals surface area (Å²) in [5.74, 6) is 0. The highest BCUT2D eigenvalue weighted by atomic mass is 14.3. The van der Waals surface area contributed by atoms with Crippen LogP contribution in [0.1, 0.15) is 42.5 Å². The van der Waals surface area contributed by atoms with E-state index in [9.17, 15) is 0 Å². The number of allylic oxidation sites excluding steroid dienone is 5. The molecular weight excluding hydrogens is 264 g/mol. The van der Waals surface area contributed by atoms with Crippen LogP contribution < -0.4 is 0 Å². The predicted molar refractivity (Wildman–Crippen MR) is 95.4 cm³/mol. The molecule has 2 aliphatic carbocycles. The molecule has 0 unspecified atom stereocenters. The fraction of sp³-hybridized carbons (Fsp3) is 0.182. The Hall–Kier alpha value is -2.34. The molecule has 108 valence electrons. The second kappa shape index (κ2) is 4.84. The molecule has 0 spiro atoms. The van der Waals surface area contributed by atoms with Gasteiger partial charge in [-0.1, -0.05) is 60.7 Å². The zero-order valence-corrected chi connectivity index (χ0v) is 13.2. The van der Waals surface area contributed by atoms with Crippen LogP contribution in [-0.2, 0) is 6.42 Å². The van der Waals surface area contributed by atoms with Crippen LogP contribution in [0.5, 0.6) is 0 Å². The van der Waals surface area contributed by atoms with Crippen molar-refractivity contribution in [2.75, 3.05) is 0 Å². The molecule has 0 radical (unpaired) electrons. The number of rotatable bonds is 2. The van der Waals surface area contributed by atoms with Gasteiger partial charge in [-0.3, -0.25) is 0 Å². The molecule has 2 aromatic carbocycles. The van der Waals surface area contributed by atoms with Crippen LogP contribution in [0.15, 0.2) is 66.3 Å². The Labute approximate surface area is 132 Å². The lowest BCUT2D eigenvalue weighted by atomic mass is 9.95. The van der Waals surface area contributed by atoms with Gasteiger partial charge in [0.15, 0.2) is 0 Å². The van der Waals surface area contributed by atoms with Crippen LogP contribution in [0.3, 0.4) is 0 Å². The average molecular weight is 284 g/mol. The third-order valence-electron chi connectivity index (χ3n) is 5.22. The van der Waals surface area contributed by atoms with E-state index in [2.05, 4.69) is 69.0 Å². The van der Waals surface area contributed by atoms with Gasteiger partial charge in [-0.25, -0.2) is 0 Å². The van der Waals surface area contributed by atoms with Crippen molar-refractivity contribution in [3.63, 3.8) is 0 Å². The van der Waals surface area contributed by atoms with Crippen molar-refractivity contribution in [2.45, 2.75) is 26.7 Å². The molecule has 0 heterocycles. The Bertz CT molecular complexity index is 859. The molecule has 22 heavy (non-hydrogen) atoms. The maximum Gasteiger partial charge on any atom is -0.00490 e. The van der Waals surface area contributed by atoms with Crippen LogP contribution in [0.2, 0.25) is 0 Å². The fourth-order valence-corrected chi connectivity index (χ4v) is 3.87. The van der Waals surface area contributed by atoms with Crippen molar-refractivity contribution in [1.29, 1.82) is 0 Å². The summed E-state index contributed by atoms with van der Waals surface area (Å²) in [5.41, 5.74) is 12.6. The van der Waals surface area contributed by atoms with Crippen LogP contribution in [0, 0.1) is 0 Å². The summed E-state index contributed by atoms with van der Waals surface area (Å²) >= 11 is 0. The average Bonchev–Trinajstić information content (AvgIpc) is 2.99. The van der Waals surface area contributed by atoms with E-state index in [0.29, 0.717) is 0 Å². The van der Waals surface area contributed by atoms with E-state index >= 15 is 0 Å². The Morgan fingerprint density at radius 2 is 1.45 bits per heavy atom. The smallest absolute Gasteiger partial charge is 0.00490 e. The first-order valence-corrected chi connectivity index (χ1v) is 7.92. The minimum Gasteiger partial charge on any atom is -0.0908 e. The second-order valence-corrected chi connectivity index (χ2v) is 6.37. The van der Waals surface area contributed by atoms with E-state index in [1.807, 2.05) is 0 Å². The number of hydrogen-bond acceptors (Lipinski definition) is 0. The lowest BCUT2D eigenvalue weighted by molar-refractivity contribution is 1.08. The molecule has 0 N–H and O–H groups in total. The van der Waals surface area contributed by atoms with E-state index < -0.39 is 0 Å². The minimum atomic E-state index is 1.03. The highest BCUT2D eigenvalue weighted by Gasteiger charge is 2.25. The van der Waals surface area contributed by atoms with Crippen molar-refractivity contribution < 1.29 is 0 Å². The van der Waals surface area contributed by atoms with Gasteiger partial charge in [0, 0.05) is 0 Å². The van der Waals surface area contributed by atoms with Gasteiger partial charge in [-0.2, -0.15) is 0 Å². The summed E-state index contributed by atoms with van der Waals surface area (Å²) in [7, 11) is 0. The highest BCUT2D eigenvalue weighted by Crippen LogP contribution is 2.45. The van der Waals surface area contributed by atoms with E-state index in [-0.39, 0.29) is 0 Å². The Morgan fingerprint density at radius 3 is 2.14 bits per heavy atom. The molecule has 0 saturated heterocycles. The Morgan fingerprint density at radius 1 is 0.818 bits per heavy atom. The van der Waals surface area contributed by atoms with Gasteiger partial charge in [-0.05, 0) is 71.2 Å². The van der Waals surface area contributed by atoms with Gasteiger partial charge in [-0.15, -0.1) is 0 Å². The molecule has 2 aliphatic rings. The van der Waals surface area contributed by atoms with Gasteiger partial charge in [0.25, 0.3) is 0 Å². The summed E-state index contributed by atoms with van der Waals surface area (Å²) in [6.45, 7) is 8.87. The molecule has 4 rings (SSSR count). The van der Waals surface area contributed by atoms with Gasteiger partial charge < -0.3 is 0 Å². The minimum absolute atomic E-state index is 1.03. The van der Waals surface area contributed by atoms with Crippen LogP contribution >= 0.6 is 0 Å². The first-order valence-electron chi connectivity index (χ1n) is 7.92. The SMILES string of the molecule is C=C1C(CC2=C(C)c3ccccc3C2)=C(C)c2ccccc21. The lowest BCUT2D eigenvalue weighted by Crippen LogP contribution is -1.90. The predicted octanol–water partition coefficient (Wildman–Crippen LogP) is 5.91. The third kappa shape index (κ3) is 1.84. The molecule has 0 fully saturated rings. The normalized spacial score (nSPS) is 16.4. The lowest BCUT2D eigenvalue weighted by Gasteiger charge is -2.09. The molecule has 0 atom stereocenters. The Kier molecular flexibility index (Phi) is 2.94. The van der Waals surface area contributed by atoms with E-state index in [1.54, 1.807) is 5.57 Å². The van der Waals surface area contributed by atoms with Gasteiger partial charge in [0.2, 0.25) is 0 Å². The van der Waals surface area contributed by atoms with Crippen molar-refractivity contribution in [1.82, 2.24) is 0 Å². The van der Waals surface area contributed by atoms with E-state index in [0.717, 1.165) is 12.8 Å². The monoisotopic (exact) mass is 284 g/mol. The molecule has 0 heteroatoms. The molecule has 0 nitrogen and oxygen atoms in total. The Balaban J connectivity index is 1.71. The summed E-state index contributed by atoms with van der Waals surface area (Å²) in [6, 6.07) is 17.4. The van der Waals surface area contributed by atoms with Crippen molar-refractivity contribution >= 4 is 16.7 Å². The molecule has 0 bridgehead atoms. The molecule has 0 aliphatic heterocycles. The summed E-state index contributed by atoms with van der Waals surface area (Å²) in [5, 5.41) is 0. The van der Waals surface area contributed by atoms with E-state index in [1.165, 1.54) is 44.5 Å². The van der Waals surface area contributed by atoms with Crippen LogP contribution in [0.25, 0.3) is 16.7 Å². The highest BCUT2D eigenvalue weighted by molar-refractivity contribution is 5.99. The molecule has 0 amide bonds. The summed E-state index contributed by atoms with van der Waals surface area (Å²) in [4.78, 5) is 0. The van der Waals surface area contributed by atoms with E-state index in [4.69, 9.17) is 0 Å². The van der Waals surface area contributed by atoms with Crippen molar-refractivity contribution in [3.8, 4) is 0 Å². The van der Waals surface area contributed by atoms with Gasteiger partial charge in [0.1, 0.15) is 0 Å². The summed E-state index contributed by atoms with van der Waals surface area (Å²) in [6.07, 6.45) is 2.11. The maximum absolute atomic E-state index is 4.36. The second-order valence-electron chi connectivity index (χ2n) is 6.37. The molecule has 0 saturated carbocycles. The van der Waals surface area contributed by atoms with Crippen LogP contribution in [-0.4, -0.2) is 0 Å². The first-order chi connectivity index (χ1) is 10.7. The summed E-state index contributed by atoms with van der Waals surface area (Å²) < 4.78 is 0. The quantitative estimate of drug-likeness (QED) is 0.643. The third-order valence-corrected chi connectivity index (χ3v) is 5.22. The molecular formula is C22H20. The standard InChI is InChI=1S/C22H20/c1-14-18(12-17-8-4-5-9-19(14)17)13-22-15(2)20-10-6-7-11-21(20)16(22)3/h4-11H,2,12-13H2,1,3H3. The van der Waals surface area contributed by atoms with Gasteiger partial charge >= 0.3 is 0 Å². The van der Waals surface area contributed by atoms with Crippen LogP contribution in [0.4, 0.5) is 0 Å². The zero-order chi connectivity index (χ0) is 15.3. The number of fused-ring (bicyclic) bond motifs is 2.